The van der Waals surface area contributed by atoms with E-state index in [9.17, 15) is 20.1 Å². The standard InChI is InChI=1S/C21H36ClN5O5S/c1-12(22)15(19-17(29)16(28)18(30)21(32-19)33-2)25-20(31)14-6-5-13(7-8-23-14)4-3-10-27-11-9-24-26-27/h9,11-19,21,23,28-30H,3-8,10H2,1-2H3,(H,25,31)/t12-,13-,14?,15+,16-,17+,18+,19+,21+/m0/s1. The summed E-state index contributed by atoms with van der Waals surface area (Å²) < 4.78 is 7.66. The van der Waals surface area contributed by atoms with Gasteiger partial charge in [0.15, 0.2) is 0 Å². The Bertz CT molecular complexity index is 728. The number of ether oxygens (including phenoxy) is 1. The first-order chi connectivity index (χ1) is 15.8. The van der Waals surface area contributed by atoms with Crippen LogP contribution in [0.15, 0.2) is 12.4 Å². The monoisotopic (exact) mass is 505 g/mol. The van der Waals surface area contributed by atoms with E-state index in [1.807, 2.05) is 10.9 Å². The van der Waals surface area contributed by atoms with Gasteiger partial charge < -0.3 is 30.7 Å². The first kappa shape index (κ1) is 26.7. The van der Waals surface area contributed by atoms with Gasteiger partial charge in [-0.2, -0.15) is 0 Å². The number of nitrogens with one attached hydrogen (secondary N) is 2. The van der Waals surface area contributed by atoms with Gasteiger partial charge in [-0.3, -0.25) is 9.48 Å². The van der Waals surface area contributed by atoms with E-state index in [2.05, 4.69) is 20.9 Å². The minimum atomic E-state index is -1.38. The number of amides is 1. The van der Waals surface area contributed by atoms with Crippen molar-refractivity contribution in [2.24, 2.45) is 5.92 Å². The second kappa shape index (κ2) is 12.7. The number of aromatic nitrogens is 3. The topological polar surface area (TPSA) is 142 Å². The molecule has 2 aliphatic rings. The highest BCUT2D eigenvalue weighted by molar-refractivity contribution is 7.99. The summed E-state index contributed by atoms with van der Waals surface area (Å²) in [5, 5.41) is 44.4. The number of aliphatic hydroxyl groups is 3. The van der Waals surface area contributed by atoms with Crippen LogP contribution in [-0.4, -0.2) is 96.3 Å². The highest BCUT2D eigenvalue weighted by Crippen LogP contribution is 2.30. The number of carbonyl (C=O) groups excluding carboxylic acids is 1. The lowest BCUT2D eigenvalue weighted by Gasteiger charge is -2.44. The number of carbonyl (C=O) groups is 1. The van der Waals surface area contributed by atoms with Crippen molar-refractivity contribution < 1.29 is 24.9 Å². The summed E-state index contributed by atoms with van der Waals surface area (Å²) >= 11 is 7.59. The summed E-state index contributed by atoms with van der Waals surface area (Å²) in [6, 6.07) is -1.09. The molecule has 188 valence electrons. The van der Waals surface area contributed by atoms with Crippen LogP contribution in [0.4, 0.5) is 0 Å². The SMILES string of the molecule is CS[C@H]1O[C@H]([C@H](NC(=O)C2CC[C@H](CCCn3ccnn3)CCN2)[C@H](C)Cl)[C@H](O)[C@H](O)[C@H]1O. The van der Waals surface area contributed by atoms with E-state index in [1.165, 1.54) is 11.8 Å². The van der Waals surface area contributed by atoms with Gasteiger partial charge in [-0.1, -0.05) is 5.21 Å². The zero-order valence-electron chi connectivity index (χ0n) is 19.1. The molecule has 1 unspecified atom stereocenters. The molecule has 5 N–H and O–H groups in total. The van der Waals surface area contributed by atoms with Gasteiger partial charge in [0.1, 0.15) is 29.9 Å². The fraction of sp³-hybridized carbons (Fsp3) is 0.857. The second-order valence-electron chi connectivity index (χ2n) is 8.94. The van der Waals surface area contributed by atoms with E-state index in [4.69, 9.17) is 16.3 Å². The number of thioether (sulfide) groups is 1. The first-order valence-corrected chi connectivity index (χ1v) is 13.3. The normalized spacial score (nSPS) is 34.9. The molecular formula is C21H36ClN5O5S. The van der Waals surface area contributed by atoms with Crippen LogP contribution >= 0.6 is 23.4 Å². The molecule has 2 saturated heterocycles. The number of hydrogen-bond acceptors (Lipinski definition) is 9. The minimum Gasteiger partial charge on any atom is -0.388 e. The number of halogens is 1. The molecular weight excluding hydrogens is 470 g/mol. The van der Waals surface area contributed by atoms with Crippen molar-refractivity contribution in [1.29, 1.82) is 0 Å². The van der Waals surface area contributed by atoms with Gasteiger partial charge in [0, 0.05) is 12.7 Å². The van der Waals surface area contributed by atoms with E-state index in [0.717, 1.165) is 38.8 Å². The lowest BCUT2D eigenvalue weighted by atomic mass is 9.92. The van der Waals surface area contributed by atoms with E-state index in [-0.39, 0.29) is 11.9 Å². The van der Waals surface area contributed by atoms with Gasteiger partial charge >= 0.3 is 0 Å². The number of hydrogen-bond donors (Lipinski definition) is 5. The molecule has 2 fully saturated rings. The molecule has 1 aromatic heterocycles. The van der Waals surface area contributed by atoms with Crippen LogP contribution in [0.2, 0.25) is 0 Å². The van der Waals surface area contributed by atoms with Crippen LogP contribution in [0.3, 0.4) is 0 Å². The Morgan fingerprint density at radius 1 is 1.30 bits per heavy atom. The number of aliphatic hydroxyl groups excluding tert-OH is 3. The predicted octanol–water partition coefficient (Wildman–Crippen LogP) is 0.0993. The van der Waals surface area contributed by atoms with Gasteiger partial charge in [-0.25, -0.2) is 0 Å². The average Bonchev–Trinajstić information content (AvgIpc) is 3.20. The fourth-order valence-corrected chi connectivity index (χ4v) is 5.49. The Kier molecular flexibility index (Phi) is 10.2. The number of alkyl halides is 1. The van der Waals surface area contributed by atoms with Gasteiger partial charge in [-0.05, 0) is 57.7 Å². The Morgan fingerprint density at radius 3 is 2.76 bits per heavy atom. The van der Waals surface area contributed by atoms with Gasteiger partial charge in [-0.15, -0.1) is 28.5 Å². The molecule has 0 saturated carbocycles. The minimum absolute atomic E-state index is 0.201. The number of nitrogens with zero attached hydrogens (tertiary/aromatic N) is 3. The van der Waals surface area contributed by atoms with Gasteiger partial charge in [0.2, 0.25) is 5.91 Å². The first-order valence-electron chi connectivity index (χ1n) is 11.6. The summed E-state index contributed by atoms with van der Waals surface area (Å²) in [5.74, 6) is 0.330. The maximum absolute atomic E-state index is 13.1. The Labute approximate surface area is 203 Å². The van der Waals surface area contributed by atoms with Crippen molar-refractivity contribution >= 4 is 29.3 Å². The highest BCUT2D eigenvalue weighted by Gasteiger charge is 2.48. The van der Waals surface area contributed by atoms with Crippen LogP contribution < -0.4 is 10.6 Å². The average molecular weight is 506 g/mol. The van der Waals surface area contributed by atoms with Crippen LogP contribution in [0, 0.1) is 5.92 Å². The maximum atomic E-state index is 13.1. The van der Waals surface area contributed by atoms with Crippen LogP contribution in [-0.2, 0) is 16.1 Å². The van der Waals surface area contributed by atoms with E-state index >= 15 is 0 Å². The quantitative estimate of drug-likeness (QED) is 0.295. The molecule has 1 amide bonds. The molecule has 0 bridgehead atoms. The molecule has 12 heteroatoms. The molecule has 33 heavy (non-hydrogen) atoms. The van der Waals surface area contributed by atoms with Crippen LogP contribution in [0.5, 0.6) is 0 Å². The third-order valence-electron chi connectivity index (χ3n) is 6.59. The zero-order valence-corrected chi connectivity index (χ0v) is 20.7. The second-order valence-corrected chi connectivity index (χ2v) is 10.6. The van der Waals surface area contributed by atoms with E-state index < -0.39 is 41.3 Å². The summed E-state index contributed by atoms with van der Waals surface area (Å²) in [4.78, 5) is 13.1. The zero-order chi connectivity index (χ0) is 24.0. The summed E-state index contributed by atoms with van der Waals surface area (Å²) in [5.41, 5.74) is -0.725. The third-order valence-corrected chi connectivity index (χ3v) is 7.72. The van der Waals surface area contributed by atoms with Gasteiger partial charge in [0.05, 0.1) is 23.7 Å². The molecule has 0 spiro atoms. The lowest BCUT2D eigenvalue weighted by Crippen LogP contribution is -2.65. The Morgan fingerprint density at radius 2 is 2.09 bits per heavy atom. The Balaban J connectivity index is 1.53. The summed E-state index contributed by atoms with van der Waals surface area (Å²) in [6.07, 6.45) is 5.08. The van der Waals surface area contributed by atoms with E-state index in [1.54, 1.807) is 19.4 Å². The maximum Gasteiger partial charge on any atom is 0.237 e. The van der Waals surface area contributed by atoms with Gasteiger partial charge in [0.25, 0.3) is 0 Å². The number of aryl methyl sites for hydroxylation is 1. The van der Waals surface area contributed by atoms with Crippen molar-refractivity contribution in [3.63, 3.8) is 0 Å². The predicted molar refractivity (Wildman–Crippen MR) is 126 cm³/mol. The lowest BCUT2D eigenvalue weighted by molar-refractivity contribution is -0.205. The molecule has 10 nitrogen and oxygen atoms in total. The molecule has 2 aliphatic heterocycles. The van der Waals surface area contributed by atoms with Crippen molar-refractivity contribution in [3.05, 3.63) is 12.4 Å². The van der Waals surface area contributed by atoms with Crippen molar-refractivity contribution in [2.75, 3.05) is 12.8 Å². The van der Waals surface area contributed by atoms with Crippen molar-refractivity contribution in [1.82, 2.24) is 25.6 Å². The molecule has 0 radical (unpaired) electrons. The van der Waals surface area contributed by atoms with Crippen LogP contribution in [0.1, 0.15) is 39.0 Å². The van der Waals surface area contributed by atoms with Crippen LogP contribution in [0.25, 0.3) is 0 Å². The molecule has 0 aliphatic carbocycles. The third kappa shape index (κ3) is 7.03. The molecule has 9 atom stereocenters. The highest BCUT2D eigenvalue weighted by atomic mass is 35.5. The molecule has 0 aromatic carbocycles. The largest absolute Gasteiger partial charge is 0.388 e. The molecule has 1 aromatic rings. The fourth-order valence-electron chi connectivity index (χ4n) is 4.61. The molecule has 3 heterocycles. The Hall–Kier alpha value is -0.950. The van der Waals surface area contributed by atoms with Crippen molar-refractivity contribution in [3.8, 4) is 0 Å². The van der Waals surface area contributed by atoms with E-state index in [0.29, 0.717) is 12.3 Å². The van der Waals surface area contributed by atoms with Crippen molar-refractivity contribution in [2.45, 2.75) is 92.9 Å². The number of rotatable bonds is 9. The smallest absolute Gasteiger partial charge is 0.237 e. The summed E-state index contributed by atoms with van der Waals surface area (Å²) in [6.45, 7) is 3.29. The molecule has 3 rings (SSSR count). The summed E-state index contributed by atoms with van der Waals surface area (Å²) in [7, 11) is 0.